The van der Waals surface area contributed by atoms with Crippen LogP contribution < -0.4 is 16.2 Å². The Balaban J connectivity index is 1.71. The number of carbonyl (C=O) groups is 3. The molecular formula is C19H22N4O3. The monoisotopic (exact) mass is 354 g/mol. The lowest BCUT2D eigenvalue weighted by Crippen LogP contribution is -2.42. The van der Waals surface area contributed by atoms with Crippen molar-refractivity contribution >= 4 is 23.4 Å². The number of hydrogen-bond acceptors (Lipinski definition) is 4. The minimum atomic E-state index is -0.448. The molecule has 1 aromatic carbocycles. The zero-order chi connectivity index (χ0) is 18.9. The van der Waals surface area contributed by atoms with Crippen molar-refractivity contribution in [3.05, 3.63) is 59.9 Å². The maximum atomic E-state index is 12.0. The van der Waals surface area contributed by atoms with Gasteiger partial charge >= 0.3 is 0 Å². The van der Waals surface area contributed by atoms with Gasteiger partial charge in [-0.3, -0.25) is 30.2 Å². The largest absolute Gasteiger partial charge is 0.326 e. The molecule has 0 radical (unpaired) electrons. The summed E-state index contributed by atoms with van der Waals surface area (Å²) in [4.78, 5) is 39.6. The number of benzene rings is 1. The summed E-state index contributed by atoms with van der Waals surface area (Å²) in [5.41, 5.74) is 6.85. The second-order valence-corrected chi connectivity index (χ2v) is 6.17. The van der Waals surface area contributed by atoms with Gasteiger partial charge in [0.2, 0.25) is 11.8 Å². The third kappa shape index (κ3) is 6.35. The molecule has 1 heterocycles. The molecule has 0 aliphatic heterocycles. The smallest absolute Gasteiger partial charge is 0.271 e. The molecule has 3 amide bonds. The molecule has 2 aromatic rings. The third-order valence-corrected chi connectivity index (χ3v) is 3.64. The Hall–Kier alpha value is -3.22. The molecule has 1 atom stereocenters. The van der Waals surface area contributed by atoms with Crippen LogP contribution in [0.3, 0.4) is 0 Å². The number of nitrogens with one attached hydrogen (secondary N) is 3. The van der Waals surface area contributed by atoms with Crippen molar-refractivity contribution in [2.75, 3.05) is 5.32 Å². The van der Waals surface area contributed by atoms with Gasteiger partial charge in [-0.1, -0.05) is 24.6 Å². The van der Waals surface area contributed by atoms with Crippen molar-refractivity contribution in [1.82, 2.24) is 15.8 Å². The van der Waals surface area contributed by atoms with E-state index in [1.54, 1.807) is 25.3 Å². The van der Waals surface area contributed by atoms with E-state index in [2.05, 4.69) is 21.2 Å². The normalized spacial score (nSPS) is 11.3. The number of rotatable bonds is 6. The predicted octanol–water partition coefficient (Wildman–Crippen LogP) is 2.21. The van der Waals surface area contributed by atoms with Crippen LogP contribution in [0.4, 0.5) is 5.69 Å². The van der Waals surface area contributed by atoms with Gasteiger partial charge in [0.05, 0.1) is 5.56 Å². The van der Waals surface area contributed by atoms with Crippen LogP contribution in [0.2, 0.25) is 0 Å². The van der Waals surface area contributed by atoms with Crippen molar-refractivity contribution in [2.45, 2.75) is 26.7 Å². The van der Waals surface area contributed by atoms with Crippen LogP contribution in [-0.4, -0.2) is 22.7 Å². The fourth-order valence-electron chi connectivity index (χ4n) is 2.30. The van der Waals surface area contributed by atoms with E-state index in [1.807, 2.05) is 31.2 Å². The fourth-order valence-corrected chi connectivity index (χ4v) is 2.30. The van der Waals surface area contributed by atoms with Crippen molar-refractivity contribution in [1.29, 1.82) is 0 Å². The molecule has 0 aliphatic carbocycles. The highest BCUT2D eigenvalue weighted by molar-refractivity contribution is 5.95. The molecule has 0 saturated heterocycles. The topological polar surface area (TPSA) is 100 Å². The van der Waals surface area contributed by atoms with Gasteiger partial charge in [0.25, 0.3) is 5.91 Å². The van der Waals surface area contributed by atoms with E-state index in [-0.39, 0.29) is 30.6 Å². The lowest BCUT2D eigenvalue weighted by atomic mass is 10.0. The first-order valence-corrected chi connectivity index (χ1v) is 8.30. The first-order valence-electron chi connectivity index (χ1n) is 8.30. The number of amides is 3. The first kappa shape index (κ1) is 19.1. The standard InChI is InChI=1S/C19H22N4O3/c1-13-5-7-16(8-6-13)21-17(24)10-14(2)11-18(25)22-23-19(26)15-4-3-9-20-12-15/h3-9,12,14H,10-11H2,1-2H3,(H,21,24)(H,22,25)(H,23,26). The molecule has 7 nitrogen and oxygen atoms in total. The Bertz CT molecular complexity index is 760. The fraction of sp³-hybridized carbons (Fsp3) is 0.263. The predicted molar refractivity (Wildman–Crippen MR) is 98.1 cm³/mol. The number of anilines is 1. The second kappa shape index (κ2) is 9.31. The number of nitrogens with zero attached hydrogens (tertiary/aromatic N) is 1. The molecule has 136 valence electrons. The molecule has 2 rings (SSSR count). The van der Waals surface area contributed by atoms with Crippen LogP contribution in [0.15, 0.2) is 48.8 Å². The highest BCUT2D eigenvalue weighted by Crippen LogP contribution is 2.12. The number of aromatic nitrogens is 1. The lowest BCUT2D eigenvalue weighted by Gasteiger charge is -2.12. The van der Waals surface area contributed by atoms with Gasteiger partial charge in [0, 0.05) is 30.9 Å². The first-order chi connectivity index (χ1) is 12.4. The summed E-state index contributed by atoms with van der Waals surface area (Å²) < 4.78 is 0. The van der Waals surface area contributed by atoms with Gasteiger partial charge in [-0.25, -0.2) is 0 Å². The van der Waals surface area contributed by atoms with Gasteiger partial charge < -0.3 is 5.32 Å². The van der Waals surface area contributed by atoms with Crippen LogP contribution in [0.1, 0.15) is 35.7 Å². The van der Waals surface area contributed by atoms with E-state index in [4.69, 9.17) is 0 Å². The van der Waals surface area contributed by atoms with E-state index >= 15 is 0 Å². The van der Waals surface area contributed by atoms with Crippen molar-refractivity contribution in [2.24, 2.45) is 5.92 Å². The maximum absolute atomic E-state index is 12.0. The number of hydrazine groups is 1. The summed E-state index contributed by atoms with van der Waals surface area (Å²) in [7, 11) is 0. The number of pyridine rings is 1. The number of hydrogen-bond donors (Lipinski definition) is 3. The Morgan fingerprint density at radius 1 is 1.00 bits per heavy atom. The molecule has 1 unspecified atom stereocenters. The quantitative estimate of drug-likeness (QED) is 0.692. The minimum Gasteiger partial charge on any atom is -0.326 e. The minimum absolute atomic E-state index is 0.120. The highest BCUT2D eigenvalue weighted by Gasteiger charge is 2.14. The molecule has 3 N–H and O–H groups in total. The Labute approximate surface area is 152 Å². The Morgan fingerprint density at radius 3 is 2.35 bits per heavy atom. The molecule has 0 spiro atoms. The van der Waals surface area contributed by atoms with Gasteiger partial charge in [0.1, 0.15) is 0 Å². The number of carbonyl (C=O) groups excluding carboxylic acids is 3. The van der Waals surface area contributed by atoms with Crippen molar-refractivity contribution < 1.29 is 14.4 Å². The summed E-state index contributed by atoms with van der Waals surface area (Å²) >= 11 is 0. The summed E-state index contributed by atoms with van der Waals surface area (Å²) in [5.74, 6) is -1.14. The zero-order valence-corrected chi connectivity index (χ0v) is 14.8. The van der Waals surface area contributed by atoms with E-state index in [9.17, 15) is 14.4 Å². The van der Waals surface area contributed by atoms with Crippen molar-refractivity contribution in [3.63, 3.8) is 0 Å². The number of aryl methyl sites for hydroxylation is 1. The van der Waals surface area contributed by atoms with Crippen molar-refractivity contribution in [3.8, 4) is 0 Å². The van der Waals surface area contributed by atoms with E-state index in [0.717, 1.165) is 11.3 Å². The molecule has 0 bridgehead atoms. The molecule has 26 heavy (non-hydrogen) atoms. The summed E-state index contributed by atoms with van der Waals surface area (Å²) in [6.07, 6.45) is 3.28. The average Bonchev–Trinajstić information content (AvgIpc) is 2.62. The highest BCUT2D eigenvalue weighted by atomic mass is 16.2. The molecule has 7 heteroatoms. The second-order valence-electron chi connectivity index (χ2n) is 6.17. The molecule has 0 aliphatic rings. The molecule has 0 fully saturated rings. The molecule has 1 aromatic heterocycles. The average molecular weight is 354 g/mol. The van der Waals surface area contributed by atoms with Gasteiger partial charge in [0.15, 0.2) is 0 Å². The van der Waals surface area contributed by atoms with E-state index in [1.165, 1.54) is 6.20 Å². The van der Waals surface area contributed by atoms with Crippen LogP contribution in [0, 0.1) is 12.8 Å². The lowest BCUT2D eigenvalue weighted by molar-refractivity contribution is -0.123. The van der Waals surface area contributed by atoms with E-state index < -0.39 is 5.91 Å². The van der Waals surface area contributed by atoms with E-state index in [0.29, 0.717) is 5.56 Å². The van der Waals surface area contributed by atoms with Crippen LogP contribution in [-0.2, 0) is 9.59 Å². The van der Waals surface area contributed by atoms with Crippen LogP contribution >= 0.6 is 0 Å². The van der Waals surface area contributed by atoms with Gasteiger partial charge in [-0.05, 0) is 37.1 Å². The summed E-state index contributed by atoms with van der Waals surface area (Å²) in [5, 5.41) is 2.80. The zero-order valence-electron chi connectivity index (χ0n) is 14.8. The Kier molecular flexibility index (Phi) is 6.84. The molecule has 0 saturated carbocycles. The maximum Gasteiger partial charge on any atom is 0.271 e. The molecular weight excluding hydrogens is 332 g/mol. The summed E-state index contributed by atoms with van der Waals surface area (Å²) in [6.45, 7) is 3.77. The van der Waals surface area contributed by atoms with Gasteiger partial charge in [-0.2, -0.15) is 0 Å². The SMILES string of the molecule is Cc1ccc(NC(=O)CC(C)CC(=O)NNC(=O)c2cccnc2)cc1. The summed E-state index contributed by atoms with van der Waals surface area (Å²) in [6, 6.07) is 10.7. The van der Waals surface area contributed by atoms with Crippen LogP contribution in [0.5, 0.6) is 0 Å². The van der Waals surface area contributed by atoms with Crippen LogP contribution in [0.25, 0.3) is 0 Å². The Morgan fingerprint density at radius 2 is 1.69 bits per heavy atom. The van der Waals surface area contributed by atoms with Gasteiger partial charge in [-0.15, -0.1) is 0 Å². The third-order valence-electron chi connectivity index (χ3n) is 3.64.